The van der Waals surface area contributed by atoms with Crippen LogP contribution in [0.5, 0.6) is 0 Å². The van der Waals surface area contributed by atoms with E-state index in [1.807, 2.05) is 0 Å². The van der Waals surface area contributed by atoms with Crippen molar-refractivity contribution in [2.45, 2.75) is 49.3 Å². The van der Waals surface area contributed by atoms with Crippen molar-refractivity contribution >= 4 is 0 Å². The summed E-state index contributed by atoms with van der Waals surface area (Å²) in [6.45, 7) is -0.157. The highest BCUT2D eigenvalue weighted by Gasteiger charge is 2.88. The highest BCUT2D eigenvalue weighted by Crippen LogP contribution is 2.72. The normalized spacial score (nSPS) is 32.3. The van der Waals surface area contributed by atoms with E-state index in [9.17, 15) is 62.9 Å². The summed E-state index contributed by atoms with van der Waals surface area (Å²) < 4.78 is 160. The molecule has 0 saturated heterocycles. The van der Waals surface area contributed by atoms with Gasteiger partial charge in [-0.2, -0.15) is 52.7 Å². The maximum Gasteiger partial charge on any atom is 0.426 e. The molecule has 0 spiro atoms. The van der Waals surface area contributed by atoms with Gasteiger partial charge in [0.15, 0.2) is 0 Å². The number of aliphatic hydroxyl groups is 2. The van der Waals surface area contributed by atoms with Crippen molar-refractivity contribution in [3.8, 4) is 0 Å². The third kappa shape index (κ3) is 2.52. The zero-order chi connectivity index (χ0) is 22.4. The Kier molecular flexibility index (Phi) is 4.70. The molecule has 1 saturated carbocycles. The Morgan fingerprint density at radius 2 is 1.11 bits per heavy atom. The van der Waals surface area contributed by atoms with Gasteiger partial charge in [-0.1, -0.05) is 19.1 Å². The molecule has 0 amide bonds. The molecule has 164 valence electrons. The van der Waals surface area contributed by atoms with E-state index in [0.29, 0.717) is 12.2 Å². The third-order valence-corrected chi connectivity index (χ3v) is 5.88. The molecule has 0 aromatic carbocycles. The number of alkyl halides is 12. The highest BCUT2D eigenvalue weighted by atomic mass is 19.4. The molecule has 2 nitrogen and oxygen atoms in total. The Labute approximate surface area is 148 Å². The molecule has 0 aromatic rings. The van der Waals surface area contributed by atoms with Crippen LogP contribution in [0.3, 0.4) is 0 Å². The van der Waals surface area contributed by atoms with Gasteiger partial charge in [-0.25, -0.2) is 0 Å². The van der Waals surface area contributed by atoms with E-state index in [2.05, 4.69) is 0 Å². The molecule has 2 rings (SSSR count). The molecule has 0 aromatic heterocycles. The van der Waals surface area contributed by atoms with Gasteiger partial charge in [-0.15, -0.1) is 0 Å². The average Bonchev–Trinajstić information content (AvgIpc) is 3.00. The number of rotatable bonds is 2. The predicted molar refractivity (Wildman–Crippen MR) is 66.5 cm³/mol. The highest BCUT2D eigenvalue weighted by molar-refractivity contribution is 5.29. The molecule has 0 heterocycles. The zero-order valence-corrected chi connectivity index (χ0v) is 13.5. The fourth-order valence-corrected chi connectivity index (χ4v) is 4.62. The minimum absolute atomic E-state index is 0.157. The summed E-state index contributed by atoms with van der Waals surface area (Å²) in [6, 6.07) is 0. The Morgan fingerprint density at radius 3 is 1.43 bits per heavy atom. The summed E-state index contributed by atoms with van der Waals surface area (Å²) in [5, 5.41) is 19.3. The minimum Gasteiger partial charge on any atom is -0.373 e. The minimum atomic E-state index is -6.69. The molecule has 2 aliphatic rings. The Balaban J connectivity index is 2.90. The molecule has 14 heteroatoms. The first-order valence-electron chi connectivity index (χ1n) is 7.48. The molecule has 28 heavy (non-hydrogen) atoms. The molecular formula is C14H12F12O2. The van der Waals surface area contributed by atoms with Crippen LogP contribution < -0.4 is 0 Å². The van der Waals surface area contributed by atoms with Gasteiger partial charge in [0.25, 0.3) is 11.2 Å². The molecular weight excluding hydrogens is 428 g/mol. The largest absolute Gasteiger partial charge is 0.426 e. The number of allylic oxidation sites excluding steroid dienone is 2. The van der Waals surface area contributed by atoms with Crippen molar-refractivity contribution in [3.05, 3.63) is 12.2 Å². The topological polar surface area (TPSA) is 40.5 Å². The molecule has 2 N–H and O–H groups in total. The van der Waals surface area contributed by atoms with Crippen molar-refractivity contribution < 1.29 is 62.9 Å². The smallest absolute Gasteiger partial charge is 0.373 e. The first kappa shape index (κ1) is 23.1. The second-order valence-electron chi connectivity index (χ2n) is 7.12. The number of halogens is 12. The standard InChI is InChI=1S/C14H12F12O2/c1-8(10(28,13(21,22)23)14(24,25)26)6-3-2-5(4-6)7(8)9(27,11(15,16)17)12(18,19)20/h2-3,5-7,27-28H,4H2,1H3. The summed E-state index contributed by atoms with van der Waals surface area (Å²) >= 11 is 0. The molecule has 4 unspecified atom stereocenters. The van der Waals surface area contributed by atoms with Crippen molar-refractivity contribution in [2.75, 3.05) is 0 Å². The second kappa shape index (κ2) is 5.70. The summed E-state index contributed by atoms with van der Waals surface area (Å²) in [5.74, 6) is -8.00. The van der Waals surface area contributed by atoms with Crippen LogP contribution in [0.4, 0.5) is 52.7 Å². The van der Waals surface area contributed by atoms with E-state index in [0.717, 1.165) is 0 Å². The zero-order valence-electron chi connectivity index (χ0n) is 13.5. The van der Waals surface area contributed by atoms with Crippen molar-refractivity contribution in [3.63, 3.8) is 0 Å². The van der Waals surface area contributed by atoms with E-state index in [1.165, 1.54) is 0 Å². The lowest BCUT2D eigenvalue weighted by Gasteiger charge is -2.55. The van der Waals surface area contributed by atoms with Crippen LogP contribution in [0.25, 0.3) is 0 Å². The SMILES string of the molecule is CC1(C(O)(C(F)(F)F)C(F)(F)F)C2C=CC(C2)C1C(O)(C(F)(F)F)C(F)(F)F. The van der Waals surface area contributed by atoms with E-state index < -0.39 is 65.5 Å². The Bertz CT molecular complexity index is 627. The lowest BCUT2D eigenvalue weighted by molar-refractivity contribution is -0.441. The average molecular weight is 440 g/mol. The van der Waals surface area contributed by atoms with Crippen LogP contribution in [0.15, 0.2) is 12.2 Å². The van der Waals surface area contributed by atoms with Gasteiger partial charge >= 0.3 is 24.7 Å². The quantitative estimate of drug-likeness (QED) is 0.490. The predicted octanol–water partition coefficient (Wildman–Crippen LogP) is 4.53. The fraction of sp³-hybridized carbons (Fsp3) is 0.857. The van der Waals surface area contributed by atoms with Gasteiger partial charge in [0.1, 0.15) is 0 Å². The van der Waals surface area contributed by atoms with Crippen LogP contribution >= 0.6 is 0 Å². The first-order chi connectivity index (χ1) is 12.1. The van der Waals surface area contributed by atoms with Crippen molar-refractivity contribution in [1.29, 1.82) is 0 Å². The van der Waals surface area contributed by atoms with E-state index in [1.54, 1.807) is 0 Å². The molecule has 1 fully saturated rings. The van der Waals surface area contributed by atoms with Gasteiger partial charge in [0, 0.05) is 11.3 Å². The monoisotopic (exact) mass is 440 g/mol. The van der Waals surface area contributed by atoms with Crippen LogP contribution in [0, 0.1) is 23.2 Å². The number of fused-ring (bicyclic) bond motifs is 2. The second-order valence-corrected chi connectivity index (χ2v) is 7.12. The van der Waals surface area contributed by atoms with Gasteiger partial charge < -0.3 is 10.2 Å². The van der Waals surface area contributed by atoms with E-state index >= 15 is 0 Å². The summed E-state index contributed by atoms with van der Waals surface area (Å²) in [4.78, 5) is 0. The van der Waals surface area contributed by atoms with Crippen LogP contribution in [-0.2, 0) is 0 Å². The fourth-order valence-electron chi connectivity index (χ4n) is 4.62. The van der Waals surface area contributed by atoms with Crippen LogP contribution in [0.1, 0.15) is 13.3 Å². The van der Waals surface area contributed by atoms with Crippen molar-refractivity contribution in [2.24, 2.45) is 23.2 Å². The third-order valence-electron chi connectivity index (χ3n) is 5.88. The summed E-state index contributed by atoms with van der Waals surface area (Å²) in [5.41, 5.74) is -16.0. The lowest BCUT2D eigenvalue weighted by atomic mass is 9.54. The Morgan fingerprint density at radius 1 is 0.714 bits per heavy atom. The van der Waals surface area contributed by atoms with E-state index in [-0.39, 0.29) is 6.92 Å². The number of hydrogen-bond acceptors (Lipinski definition) is 2. The van der Waals surface area contributed by atoms with Gasteiger partial charge in [-0.3, -0.25) is 0 Å². The van der Waals surface area contributed by atoms with Gasteiger partial charge in [0.2, 0.25) is 0 Å². The maximum atomic E-state index is 13.3. The lowest BCUT2D eigenvalue weighted by Crippen LogP contribution is -2.75. The van der Waals surface area contributed by atoms with Crippen LogP contribution in [0.2, 0.25) is 0 Å². The van der Waals surface area contributed by atoms with Crippen LogP contribution in [-0.4, -0.2) is 46.1 Å². The van der Waals surface area contributed by atoms with Gasteiger partial charge in [-0.05, 0) is 18.3 Å². The molecule has 2 aliphatic carbocycles. The van der Waals surface area contributed by atoms with E-state index in [4.69, 9.17) is 0 Å². The van der Waals surface area contributed by atoms with Crippen molar-refractivity contribution in [1.82, 2.24) is 0 Å². The molecule has 0 radical (unpaired) electrons. The Hall–Kier alpha value is -1.18. The number of hydrogen-bond donors (Lipinski definition) is 2. The summed E-state index contributed by atoms with van der Waals surface area (Å²) in [7, 11) is 0. The van der Waals surface area contributed by atoms with Gasteiger partial charge in [0.05, 0.1) is 0 Å². The first-order valence-corrected chi connectivity index (χ1v) is 7.48. The molecule has 2 bridgehead atoms. The maximum absolute atomic E-state index is 13.3. The summed E-state index contributed by atoms with van der Waals surface area (Å²) in [6.07, 6.45) is -26.5. The molecule has 0 aliphatic heterocycles. The molecule has 4 atom stereocenters.